The maximum absolute atomic E-state index is 12.7. The van der Waals surface area contributed by atoms with E-state index >= 15 is 0 Å². The van der Waals surface area contributed by atoms with Crippen LogP contribution in [-0.4, -0.2) is 43.5 Å². The molecule has 0 aromatic heterocycles. The average molecular weight is 346 g/mol. The lowest BCUT2D eigenvalue weighted by Crippen LogP contribution is -2.36. The van der Waals surface area contributed by atoms with Crippen molar-refractivity contribution in [3.63, 3.8) is 0 Å². The second kappa shape index (κ2) is 8.88. The lowest BCUT2D eigenvalue weighted by Gasteiger charge is -2.19. The third kappa shape index (κ3) is 4.97. The Morgan fingerprint density at radius 3 is 2.72 bits per heavy atom. The fourth-order valence-electron chi connectivity index (χ4n) is 3.32. The average Bonchev–Trinajstić information content (AvgIpc) is 3.06. The first kappa shape index (κ1) is 19.3. The number of carbonyl (C=O) groups excluding carboxylic acids is 2. The first-order valence-corrected chi connectivity index (χ1v) is 9.15. The van der Waals surface area contributed by atoms with Gasteiger partial charge in [0.2, 0.25) is 11.8 Å². The molecule has 25 heavy (non-hydrogen) atoms. The van der Waals surface area contributed by atoms with Gasteiger partial charge in [-0.15, -0.1) is 0 Å². The summed E-state index contributed by atoms with van der Waals surface area (Å²) >= 11 is 0. The standard InChI is InChI=1S/C20H30N2O3/c1-5-19(23)22-12-17(15-7-6-8-16(11-15)25-4)18(13-22)20(24)21-10-9-14(2)3/h6-8,11,14,17-18H,5,9-10,12-13H2,1-4H3,(H,21,24). The van der Waals surface area contributed by atoms with E-state index in [1.165, 1.54) is 0 Å². The van der Waals surface area contributed by atoms with E-state index in [9.17, 15) is 9.59 Å². The van der Waals surface area contributed by atoms with Crippen molar-refractivity contribution in [3.8, 4) is 5.75 Å². The molecular formula is C20H30N2O3. The quantitative estimate of drug-likeness (QED) is 0.826. The molecule has 5 heteroatoms. The van der Waals surface area contributed by atoms with Crippen LogP contribution in [0, 0.1) is 11.8 Å². The highest BCUT2D eigenvalue weighted by molar-refractivity contribution is 5.83. The highest BCUT2D eigenvalue weighted by Crippen LogP contribution is 2.34. The maximum atomic E-state index is 12.7. The van der Waals surface area contributed by atoms with Crippen molar-refractivity contribution in [1.29, 1.82) is 0 Å². The number of nitrogens with one attached hydrogen (secondary N) is 1. The van der Waals surface area contributed by atoms with E-state index in [1.54, 1.807) is 7.11 Å². The van der Waals surface area contributed by atoms with E-state index in [0.717, 1.165) is 17.7 Å². The summed E-state index contributed by atoms with van der Waals surface area (Å²) in [7, 11) is 1.64. The molecule has 2 unspecified atom stereocenters. The number of methoxy groups -OCH3 is 1. The van der Waals surface area contributed by atoms with Crippen LogP contribution in [0.2, 0.25) is 0 Å². The summed E-state index contributed by atoms with van der Waals surface area (Å²) in [6, 6.07) is 7.82. The Morgan fingerprint density at radius 2 is 2.08 bits per heavy atom. The van der Waals surface area contributed by atoms with E-state index in [4.69, 9.17) is 4.74 Å². The van der Waals surface area contributed by atoms with Gasteiger partial charge in [-0.2, -0.15) is 0 Å². The van der Waals surface area contributed by atoms with Gasteiger partial charge in [-0.25, -0.2) is 0 Å². The molecule has 0 radical (unpaired) electrons. The maximum Gasteiger partial charge on any atom is 0.225 e. The van der Waals surface area contributed by atoms with Crippen molar-refractivity contribution in [3.05, 3.63) is 29.8 Å². The van der Waals surface area contributed by atoms with Crippen LogP contribution in [0.1, 0.15) is 45.1 Å². The van der Waals surface area contributed by atoms with Crippen LogP contribution < -0.4 is 10.1 Å². The van der Waals surface area contributed by atoms with Crippen LogP contribution in [0.4, 0.5) is 0 Å². The van der Waals surface area contributed by atoms with Crippen LogP contribution >= 0.6 is 0 Å². The van der Waals surface area contributed by atoms with Gasteiger partial charge >= 0.3 is 0 Å². The molecule has 1 aromatic rings. The Labute approximate surface area is 150 Å². The fourth-order valence-corrected chi connectivity index (χ4v) is 3.32. The molecule has 1 aliphatic rings. The first-order chi connectivity index (χ1) is 12.0. The van der Waals surface area contributed by atoms with Gasteiger partial charge in [-0.1, -0.05) is 32.9 Å². The minimum atomic E-state index is -0.213. The number of likely N-dealkylation sites (tertiary alicyclic amines) is 1. The summed E-state index contributed by atoms with van der Waals surface area (Å²) in [5.41, 5.74) is 1.05. The van der Waals surface area contributed by atoms with Crippen molar-refractivity contribution in [2.75, 3.05) is 26.7 Å². The topological polar surface area (TPSA) is 58.6 Å². The third-order valence-corrected chi connectivity index (χ3v) is 4.85. The van der Waals surface area contributed by atoms with Gasteiger partial charge in [0, 0.05) is 32.0 Å². The van der Waals surface area contributed by atoms with Gasteiger partial charge in [-0.05, 0) is 30.0 Å². The number of amides is 2. The molecule has 2 amide bonds. The smallest absolute Gasteiger partial charge is 0.225 e. The van der Waals surface area contributed by atoms with Crippen molar-refractivity contribution in [2.24, 2.45) is 11.8 Å². The molecule has 2 rings (SSSR count). The van der Waals surface area contributed by atoms with Gasteiger partial charge in [0.25, 0.3) is 0 Å². The molecule has 1 saturated heterocycles. The SMILES string of the molecule is CCC(=O)N1CC(C(=O)NCCC(C)C)C(c2cccc(OC)c2)C1. The normalized spacial score (nSPS) is 20.0. The highest BCUT2D eigenvalue weighted by atomic mass is 16.5. The van der Waals surface area contributed by atoms with Gasteiger partial charge in [-0.3, -0.25) is 9.59 Å². The first-order valence-electron chi connectivity index (χ1n) is 9.15. The minimum absolute atomic E-state index is 0.00431. The van der Waals surface area contributed by atoms with Gasteiger partial charge in [0.1, 0.15) is 5.75 Å². The zero-order valence-electron chi connectivity index (χ0n) is 15.7. The predicted molar refractivity (Wildman–Crippen MR) is 98.6 cm³/mol. The monoisotopic (exact) mass is 346 g/mol. The zero-order chi connectivity index (χ0) is 18.4. The second-order valence-electron chi connectivity index (χ2n) is 7.12. The molecule has 138 valence electrons. The molecule has 1 fully saturated rings. The molecule has 5 nitrogen and oxygen atoms in total. The third-order valence-electron chi connectivity index (χ3n) is 4.85. The van der Waals surface area contributed by atoms with Crippen molar-refractivity contribution in [1.82, 2.24) is 10.2 Å². The summed E-state index contributed by atoms with van der Waals surface area (Å²) in [6.45, 7) is 7.90. The van der Waals surface area contributed by atoms with Gasteiger partial charge in [0.15, 0.2) is 0 Å². The number of hydrogen-bond acceptors (Lipinski definition) is 3. The lowest BCUT2D eigenvalue weighted by molar-refractivity contribution is -0.130. The molecule has 2 atom stereocenters. The fraction of sp³-hybridized carbons (Fsp3) is 0.600. The Hall–Kier alpha value is -2.04. The number of benzene rings is 1. The molecule has 0 saturated carbocycles. The number of carbonyl (C=O) groups is 2. The molecule has 0 spiro atoms. The summed E-state index contributed by atoms with van der Waals surface area (Å²) in [6.07, 6.45) is 1.42. The summed E-state index contributed by atoms with van der Waals surface area (Å²) in [5.74, 6) is 1.26. The predicted octanol–water partition coefficient (Wildman–Crippen LogP) is 2.81. The Bertz CT molecular complexity index is 600. The Kier molecular flexibility index (Phi) is 6.85. The van der Waals surface area contributed by atoms with Crippen LogP contribution in [0.25, 0.3) is 0 Å². The Balaban J connectivity index is 2.17. The van der Waals surface area contributed by atoms with Crippen LogP contribution in [0.3, 0.4) is 0 Å². The summed E-state index contributed by atoms with van der Waals surface area (Å²) in [5, 5.41) is 3.05. The number of hydrogen-bond donors (Lipinski definition) is 1. The van der Waals surface area contributed by atoms with Crippen LogP contribution in [-0.2, 0) is 9.59 Å². The van der Waals surface area contributed by atoms with E-state index in [2.05, 4.69) is 19.2 Å². The number of nitrogens with zero attached hydrogens (tertiary/aromatic N) is 1. The minimum Gasteiger partial charge on any atom is -0.497 e. The molecule has 1 heterocycles. The van der Waals surface area contributed by atoms with Crippen LogP contribution in [0.15, 0.2) is 24.3 Å². The van der Waals surface area contributed by atoms with E-state index < -0.39 is 0 Å². The second-order valence-corrected chi connectivity index (χ2v) is 7.12. The molecule has 1 aromatic carbocycles. The van der Waals surface area contributed by atoms with Crippen LogP contribution in [0.5, 0.6) is 5.75 Å². The van der Waals surface area contributed by atoms with E-state index in [0.29, 0.717) is 32.0 Å². The molecule has 0 aliphatic carbocycles. The molecule has 0 bridgehead atoms. The summed E-state index contributed by atoms with van der Waals surface area (Å²) < 4.78 is 5.32. The lowest BCUT2D eigenvalue weighted by atomic mass is 9.88. The van der Waals surface area contributed by atoms with Crippen molar-refractivity contribution in [2.45, 2.75) is 39.5 Å². The zero-order valence-corrected chi connectivity index (χ0v) is 15.7. The van der Waals surface area contributed by atoms with Gasteiger partial charge < -0.3 is 15.0 Å². The molecular weight excluding hydrogens is 316 g/mol. The largest absolute Gasteiger partial charge is 0.497 e. The van der Waals surface area contributed by atoms with E-state index in [1.807, 2.05) is 36.1 Å². The molecule has 1 aliphatic heterocycles. The molecule has 1 N–H and O–H groups in total. The Morgan fingerprint density at radius 1 is 1.32 bits per heavy atom. The van der Waals surface area contributed by atoms with E-state index in [-0.39, 0.29) is 23.7 Å². The van der Waals surface area contributed by atoms with Crippen molar-refractivity contribution < 1.29 is 14.3 Å². The van der Waals surface area contributed by atoms with Gasteiger partial charge in [0.05, 0.1) is 13.0 Å². The van der Waals surface area contributed by atoms with Crippen molar-refractivity contribution >= 4 is 11.8 Å². The number of ether oxygens (including phenoxy) is 1. The highest BCUT2D eigenvalue weighted by Gasteiger charge is 2.39. The summed E-state index contributed by atoms with van der Waals surface area (Å²) in [4.78, 5) is 26.7. The number of rotatable bonds is 7.